The fraction of sp³-hybridized carbons (Fsp3) is 0.214. The second-order valence-electron chi connectivity index (χ2n) is 4.12. The zero-order valence-corrected chi connectivity index (χ0v) is 10.0. The molecular formula is C14H16N2O2. The van der Waals surface area contributed by atoms with Gasteiger partial charge in [0.2, 0.25) is 5.91 Å². The van der Waals surface area contributed by atoms with Crippen LogP contribution in [-0.2, 0) is 4.79 Å². The monoisotopic (exact) mass is 244 g/mol. The molecule has 1 amide bonds. The van der Waals surface area contributed by atoms with E-state index in [4.69, 9.17) is 16.2 Å². The van der Waals surface area contributed by atoms with Gasteiger partial charge in [-0.2, -0.15) is 0 Å². The first-order valence-corrected chi connectivity index (χ1v) is 5.84. The van der Waals surface area contributed by atoms with Crippen molar-refractivity contribution >= 4 is 16.7 Å². The molecule has 94 valence electrons. The van der Waals surface area contributed by atoms with Gasteiger partial charge in [0.05, 0.1) is 12.6 Å². The molecule has 0 bridgehead atoms. The lowest BCUT2D eigenvalue weighted by Gasteiger charge is -2.11. The molecule has 4 N–H and O–H groups in total. The van der Waals surface area contributed by atoms with Crippen LogP contribution in [0.3, 0.4) is 0 Å². The lowest BCUT2D eigenvalue weighted by Crippen LogP contribution is -2.37. The van der Waals surface area contributed by atoms with E-state index in [0.717, 1.165) is 16.5 Å². The maximum absolute atomic E-state index is 10.8. The summed E-state index contributed by atoms with van der Waals surface area (Å²) in [6.07, 6.45) is 0.415. The van der Waals surface area contributed by atoms with Gasteiger partial charge in [0.1, 0.15) is 5.75 Å². The molecule has 0 unspecified atom stereocenters. The van der Waals surface area contributed by atoms with Gasteiger partial charge >= 0.3 is 0 Å². The summed E-state index contributed by atoms with van der Waals surface area (Å²) in [4.78, 5) is 10.8. The van der Waals surface area contributed by atoms with E-state index >= 15 is 0 Å². The molecule has 2 rings (SSSR count). The van der Waals surface area contributed by atoms with E-state index in [9.17, 15) is 4.79 Å². The van der Waals surface area contributed by atoms with E-state index in [1.54, 1.807) is 0 Å². The molecule has 0 aliphatic rings. The summed E-state index contributed by atoms with van der Waals surface area (Å²) >= 11 is 0. The Morgan fingerprint density at radius 2 is 1.89 bits per heavy atom. The van der Waals surface area contributed by atoms with Crippen LogP contribution in [0.25, 0.3) is 10.8 Å². The Labute approximate surface area is 106 Å². The number of primary amides is 1. The first-order chi connectivity index (χ1) is 8.68. The van der Waals surface area contributed by atoms with Crippen LogP contribution in [-0.4, -0.2) is 18.6 Å². The zero-order valence-electron chi connectivity index (χ0n) is 10.0. The minimum absolute atomic E-state index is 0.373. The van der Waals surface area contributed by atoms with Crippen molar-refractivity contribution in [1.29, 1.82) is 0 Å². The molecule has 0 radical (unpaired) electrons. The molecule has 0 saturated carbocycles. The van der Waals surface area contributed by atoms with Gasteiger partial charge in [-0.15, -0.1) is 0 Å². The first kappa shape index (κ1) is 12.4. The SMILES string of the molecule is NC(=O)[C@@H](N)CCOc1cccc2ccccc12. The number of carbonyl (C=O) groups is 1. The van der Waals surface area contributed by atoms with E-state index in [1.165, 1.54) is 0 Å². The highest BCUT2D eigenvalue weighted by Gasteiger charge is 2.09. The Morgan fingerprint density at radius 3 is 2.67 bits per heavy atom. The maximum Gasteiger partial charge on any atom is 0.234 e. The number of benzene rings is 2. The van der Waals surface area contributed by atoms with Gasteiger partial charge in [0.15, 0.2) is 0 Å². The van der Waals surface area contributed by atoms with Gasteiger partial charge in [-0.25, -0.2) is 0 Å². The second-order valence-corrected chi connectivity index (χ2v) is 4.12. The molecule has 0 spiro atoms. The topological polar surface area (TPSA) is 78.3 Å². The van der Waals surface area contributed by atoms with Crippen LogP contribution in [0.1, 0.15) is 6.42 Å². The summed E-state index contributed by atoms with van der Waals surface area (Å²) < 4.78 is 5.65. The van der Waals surface area contributed by atoms with E-state index in [1.807, 2.05) is 42.5 Å². The number of carbonyl (C=O) groups excluding carboxylic acids is 1. The van der Waals surface area contributed by atoms with Gasteiger partial charge in [-0.3, -0.25) is 4.79 Å². The van der Waals surface area contributed by atoms with Crippen molar-refractivity contribution in [2.24, 2.45) is 11.5 Å². The van der Waals surface area contributed by atoms with Gasteiger partial charge in [-0.1, -0.05) is 36.4 Å². The molecule has 1 atom stereocenters. The van der Waals surface area contributed by atoms with Crippen LogP contribution >= 0.6 is 0 Å². The van der Waals surface area contributed by atoms with Crippen molar-refractivity contribution in [3.8, 4) is 5.75 Å². The van der Waals surface area contributed by atoms with E-state index in [0.29, 0.717) is 13.0 Å². The minimum atomic E-state index is -0.653. The summed E-state index contributed by atoms with van der Waals surface area (Å²) in [6.45, 7) is 0.373. The van der Waals surface area contributed by atoms with Crippen LogP contribution in [0.2, 0.25) is 0 Å². The number of ether oxygens (including phenoxy) is 1. The van der Waals surface area contributed by atoms with Crippen molar-refractivity contribution in [1.82, 2.24) is 0 Å². The minimum Gasteiger partial charge on any atom is -0.493 e. The lowest BCUT2D eigenvalue weighted by atomic mass is 10.1. The quantitative estimate of drug-likeness (QED) is 0.835. The number of nitrogens with two attached hydrogens (primary N) is 2. The predicted molar refractivity (Wildman–Crippen MR) is 71.2 cm³/mol. The molecule has 2 aromatic carbocycles. The lowest BCUT2D eigenvalue weighted by molar-refractivity contribution is -0.119. The van der Waals surface area contributed by atoms with Crippen molar-refractivity contribution in [3.05, 3.63) is 42.5 Å². The summed E-state index contributed by atoms with van der Waals surface area (Å²) in [6, 6.07) is 13.2. The smallest absolute Gasteiger partial charge is 0.234 e. The number of hydrogen-bond donors (Lipinski definition) is 2. The van der Waals surface area contributed by atoms with E-state index in [-0.39, 0.29) is 0 Å². The number of amides is 1. The average molecular weight is 244 g/mol. The predicted octanol–water partition coefficient (Wildman–Crippen LogP) is 1.42. The molecule has 0 aromatic heterocycles. The Hall–Kier alpha value is -2.07. The summed E-state index contributed by atoms with van der Waals surface area (Å²) in [5.74, 6) is 0.293. The highest BCUT2D eigenvalue weighted by atomic mass is 16.5. The molecule has 4 nitrogen and oxygen atoms in total. The third-order valence-corrected chi connectivity index (χ3v) is 2.80. The highest BCUT2D eigenvalue weighted by molar-refractivity contribution is 5.88. The number of rotatable bonds is 5. The molecule has 0 aliphatic carbocycles. The Kier molecular flexibility index (Phi) is 3.79. The summed E-state index contributed by atoms with van der Waals surface area (Å²) in [5, 5.41) is 2.17. The second kappa shape index (κ2) is 5.51. The van der Waals surface area contributed by atoms with Gasteiger partial charge in [-0.05, 0) is 11.5 Å². The van der Waals surface area contributed by atoms with Crippen LogP contribution in [0.15, 0.2) is 42.5 Å². The van der Waals surface area contributed by atoms with Crippen molar-refractivity contribution in [2.45, 2.75) is 12.5 Å². The van der Waals surface area contributed by atoms with E-state index in [2.05, 4.69) is 0 Å². The molecular weight excluding hydrogens is 228 g/mol. The van der Waals surface area contributed by atoms with Gasteiger partial charge < -0.3 is 16.2 Å². The molecule has 18 heavy (non-hydrogen) atoms. The maximum atomic E-state index is 10.8. The summed E-state index contributed by atoms with van der Waals surface area (Å²) in [7, 11) is 0. The third-order valence-electron chi connectivity index (χ3n) is 2.80. The van der Waals surface area contributed by atoms with Crippen LogP contribution in [0, 0.1) is 0 Å². The number of fused-ring (bicyclic) bond motifs is 1. The Bertz CT molecular complexity index is 549. The molecule has 0 saturated heterocycles. The van der Waals surface area contributed by atoms with Crippen LogP contribution in [0.5, 0.6) is 5.75 Å². The fourth-order valence-corrected chi connectivity index (χ4v) is 1.76. The van der Waals surface area contributed by atoms with Crippen LogP contribution in [0.4, 0.5) is 0 Å². The van der Waals surface area contributed by atoms with Gasteiger partial charge in [0, 0.05) is 11.8 Å². The first-order valence-electron chi connectivity index (χ1n) is 5.84. The standard InChI is InChI=1S/C14H16N2O2/c15-12(14(16)17)8-9-18-13-7-3-5-10-4-1-2-6-11(10)13/h1-7,12H,8-9,15H2,(H2,16,17)/t12-/m0/s1. The molecule has 4 heteroatoms. The van der Waals surface area contributed by atoms with Crippen molar-refractivity contribution in [3.63, 3.8) is 0 Å². The Morgan fingerprint density at radius 1 is 1.17 bits per heavy atom. The van der Waals surface area contributed by atoms with Gasteiger partial charge in [0.25, 0.3) is 0 Å². The Balaban J connectivity index is 2.06. The average Bonchev–Trinajstić information content (AvgIpc) is 2.38. The number of hydrogen-bond acceptors (Lipinski definition) is 3. The highest BCUT2D eigenvalue weighted by Crippen LogP contribution is 2.25. The van der Waals surface area contributed by atoms with Crippen molar-refractivity contribution < 1.29 is 9.53 Å². The van der Waals surface area contributed by atoms with Crippen molar-refractivity contribution in [2.75, 3.05) is 6.61 Å². The third kappa shape index (κ3) is 2.78. The molecule has 2 aromatic rings. The fourth-order valence-electron chi connectivity index (χ4n) is 1.76. The molecule has 0 aliphatic heterocycles. The normalized spacial score (nSPS) is 12.3. The zero-order chi connectivity index (χ0) is 13.0. The van der Waals surface area contributed by atoms with Crippen LogP contribution < -0.4 is 16.2 Å². The molecule has 0 fully saturated rings. The molecule has 0 heterocycles. The summed E-state index contributed by atoms with van der Waals surface area (Å²) in [5.41, 5.74) is 10.6. The van der Waals surface area contributed by atoms with E-state index < -0.39 is 11.9 Å². The largest absolute Gasteiger partial charge is 0.493 e.